The Hall–Kier alpha value is -0.880. The highest BCUT2D eigenvalue weighted by Gasteiger charge is 2.23. The second-order valence-corrected chi connectivity index (χ2v) is 4.79. The summed E-state index contributed by atoms with van der Waals surface area (Å²) in [5.41, 5.74) is -0.445. The summed E-state index contributed by atoms with van der Waals surface area (Å²) in [6.07, 6.45) is 0. The molecule has 0 bridgehead atoms. The van der Waals surface area contributed by atoms with E-state index >= 15 is 0 Å². The molecule has 2 N–H and O–H groups in total. The van der Waals surface area contributed by atoms with Gasteiger partial charge in [0.1, 0.15) is 0 Å². The van der Waals surface area contributed by atoms with Crippen LogP contribution in [0.2, 0.25) is 0 Å². The Morgan fingerprint density at radius 3 is 2.00 bits per heavy atom. The third-order valence-corrected chi connectivity index (χ3v) is 1.84. The van der Waals surface area contributed by atoms with Crippen LogP contribution >= 0.6 is 0 Å². The molecule has 0 rings (SSSR count). The van der Waals surface area contributed by atoms with Crippen LogP contribution in [0.5, 0.6) is 0 Å². The van der Waals surface area contributed by atoms with Crippen LogP contribution in [-0.4, -0.2) is 18.9 Å². The zero-order chi connectivity index (χ0) is 10.9. The van der Waals surface area contributed by atoms with Gasteiger partial charge in [0.25, 0.3) is 5.91 Å². The van der Waals surface area contributed by atoms with Crippen LogP contribution in [0.1, 0.15) is 20.8 Å². The van der Waals surface area contributed by atoms with Crippen molar-refractivity contribution in [3.8, 4) is 0 Å². The number of rotatable bonds is 2. The Morgan fingerprint density at radius 2 is 1.77 bits per heavy atom. The van der Waals surface area contributed by atoms with Gasteiger partial charge in [0.15, 0.2) is 0 Å². The van der Waals surface area contributed by atoms with E-state index in [2.05, 4.69) is 6.58 Å². The first kappa shape index (κ1) is 12.1. The summed E-state index contributed by atoms with van der Waals surface area (Å²) in [4.78, 5) is 11.1. The summed E-state index contributed by atoms with van der Waals surface area (Å²) in [7, 11) is -4.49. The van der Waals surface area contributed by atoms with Gasteiger partial charge in [-0.3, -0.25) is 9.35 Å². The van der Waals surface area contributed by atoms with Crippen molar-refractivity contribution in [2.75, 3.05) is 0 Å². The van der Waals surface area contributed by atoms with Crippen molar-refractivity contribution in [2.24, 2.45) is 5.41 Å². The molecule has 0 unspecified atom stereocenters. The molecule has 0 atom stereocenters. The molecule has 0 aliphatic carbocycles. The quantitative estimate of drug-likeness (QED) is 0.510. The molecule has 0 heterocycles. The van der Waals surface area contributed by atoms with Crippen molar-refractivity contribution in [1.82, 2.24) is 4.72 Å². The number of carbonyl (C=O) groups excluding carboxylic acids is 1. The molecular weight excluding hydrogens is 194 g/mol. The molecule has 0 aromatic heterocycles. The third-order valence-electron chi connectivity index (χ3n) is 1.40. The lowest BCUT2D eigenvalue weighted by Crippen LogP contribution is -2.34. The minimum atomic E-state index is -4.49. The van der Waals surface area contributed by atoms with Gasteiger partial charge in [0.05, 0.1) is 0 Å². The molecule has 0 saturated heterocycles. The van der Waals surface area contributed by atoms with Gasteiger partial charge < -0.3 is 0 Å². The maximum atomic E-state index is 11.1. The maximum Gasteiger partial charge on any atom is 0.359 e. The average molecular weight is 207 g/mol. The molecular formula is C7H13NO4S. The largest absolute Gasteiger partial charge is 0.359 e. The molecule has 0 aromatic carbocycles. The van der Waals surface area contributed by atoms with Gasteiger partial charge in [-0.15, -0.1) is 0 Å². The molecule has 1 amide bonds. The summed E-state index contributed by atoms with van der Waals surface area (Å²) in [5, 5.41) is 0. The van der Waals surface area contributed by atoms with Crippen LogP contribution in [0.15, 0.2) is 12.2 Å². The highest BCUT2D eigenvalue weighted by atomic mass is 32.2. The minimum absolute atomic E-state index is 0.0881. The second-order valence-electron chi connectivity index (χ2n) is 3.63. The predicted octanol–water partition coefficient (Wildman–Crippen LogP) is 0.508. The average Bonchev–Trinajstić information content (AvgIpc) is 1.79. The Kier molecular flexibility index (Phi) is 3.23. The summed E-state index contributed by atoms with van der Waals surface area (Å²) >= 11 is 0. The third kappa shape index (κ3) is 4.64. The first-order valence-corrected chi connectivity index (χ1v) is 4.97. The fraction of sp³-hybridized carbons (Fsp3) is 0.571. The molecule has 0 aliphatic heterocycles. The fourth-order valence-corrected chi connectivity index (χ4v) is 0.877. The zero-order valence-electron chi connectivity index (χ0n) is 7.79. The molecule has 5 nitrogen and oxygen atoms in total. The van der Waals surface area contributed by atoms with E-state index in [4.69, 9.17) is 4.55 Å². The van der Waals surface area contributed by atoms with Crippen molar-refractivity contribution in [1.29, 1.82) is 0 Å². The SMILES string of the molecule is C=C(C(=O)NS(=O)(=O)O)C(C)(C)C. The van der Waals surface area contributed by atoms with E-state index in [1.54, 1.807) is 20.8 Å². The number of carbonyl (C=O) groups is 1. The van der Waals surface area contributed by atoms with Gasteiger partial charge in [0.2, 0.25) is 0 Å². The Balaban J connectivity index is 4.58. The van der Waals surface area contributed by atoms with E-state index < -0.39 is 21.6 Å². The lowest BCUT2D eigenvalue weighted by atomic mass is 9.87. The van der Waals surface area contributed by atoms with Crippen molar-refractivity contribution in [3.63, 3.8) is 0 Å². The van der Waals surface area contributed by atoms with Crippen LogP contribution in [0.25, 0.3) is 0 Å². The van der Waals surface area contributed by atoms with E-state index in [-0.39, 0.29) is 5.57 Å². The lowest BCUT2D eigenvalue weighted by molar-refractivity contribution is -0.116. The molecule has 0 aromatic rings. The van der Waals surface area contributed by atoms with Gasteiger partial charge in [-0.25, -0.2) is 4.72 Å². The molecule has 0 aliphatic rings. The monoisotopic (exact) mass is 207 g/mol. The topological polar surface area (TPSA) is 83.5 Å². The molecule has 0 saturated carbocycles. The summed E-state index contributed by atoms with van der Waals surface area (Å²) in [5.74, 6) is -0.894. The lowest BCUT2D eigenvalue weighted by Gasteiger charge is -2.19. The molecule has 6 heteroatoms. The summed E-state index contributed by atoms with van der Waals surface area (Å²) in [6.45, 7) is 8.54. The van der Waals surface area contributed by atoms with Crippen molar-refractivity contribution in [2.45, 2.75) is 20.8 Å². The highest BCUT2D eigenvalue weighted by Crippen LogP contribution is 2.23. The number of hydrogen-bond donors (Lipinski definition) is 2. The van der Waals surface area contributed by atoms with E-state index in [9.17, 15) is 13.2 Å². The molecule has 76 valence electrons. The van der Waals surface area contributed by atoms with Crippen molar-refractivity contribution >= 4 is 16.2 Å². The highest BCUT2D eigenvalue weighted by molar-refractivity contribution is 7.84. The van der Waals surface area contributed by atoms with Crippen LogP contribution in [0.3, 0.4) is 0 Å². The Bertz CT molecular complexity index is 323. The molecule has 0 spiro atoms. The van der Waals surface area contributed by atoms with E-state index in [0.717, 1.165) is 0 Å². The summed E-state index contributed by atoms with van der Waals surface area (Å²) in [6, 6.07) is 0. The zero-order valence-corrected chi connectivity index (χ0v) is 8.60. The standard InChI is InChI=1S/C7H13NO4S/c1-5(7(2,3)4)6(9)8-13(10,11)12/h1H2,2-4H3,(H,8,9)(H,10,11,12). The van der Waals surface area contributed by atoms with Gasteiger partial charge in [-0.2, -0.15) is 8.42 Å². The first-order chi connectivity index (χ1) is 5.54. The van der Waals surface area contributed by atoms with Crippen molar-refractivity contribution < 1.29 is 17.8 Å². The van der Waals surface area contributed by atoms with Gasteiger partial charge in [-0.05, 0) is 5.41 Å². The van der Waals surface area contributed by atoms with Gasteiger partial charge in [0, 0.05) is 5.57 Å². The normalized spacial score (nSPS) is 12.3. The van der Waals surface area contributed by atoms with Gasteiger partial charge >= 0.3 is 10.3 Å². The molecule has 13 heavy (non-hydrogen) atoms. The number of hydrogen-bond acceptors (Lipinski definition) is 3. The Morgan fingerprint density at radius 1 is 1.38 bits per heavy atom. The van der Waals surface area contributed by atoms with Crippen LogP contribution in [-0.2, 0) is 15.1 Å². The predicted molar refractivity (Wildman–Crippen MR) is 48.3 cm³/mol. The molecule has 0 fully saturated rings. The Labute approximate surface area is 77.7 Å². The maximum absolute atomic E-state index is 11.1. The first-order valence-electron chi connectivity index (χ1n) is 3.53. The number of nitrogens with one attached hydrogen (secondary N) is 1. The summed E-state index contributed by atoms with van der Waals surface area (Å²) < 4.78 is 30.2. The van der Waals surface area contributed by atoms with E-state index in [0.29, 0.717) is 0 Å². The van der Waals surface area contributed by atoms with Crippen molar-refractivity contribution in [3.05, 3.63) is 12.2 Å². The number of amides is 1. The smallest absolute Gasteiger partial charge is 0.269 e. The minimum Gasteiger partial charge on any atom is -0.269 e. The van der Waals surface area contributed by atoms with E-state index in [1.165, 1.54) is 4.72 Å². The van der Waals surface area contributed by atoms with Crippen LogP contribution in [0, 0.1) is 5.41 Å². The van der Waals surface area contributed by atoms with E-state index in [1.807, 2.05) is 0 Å². The fourth-order valence-electron chi connectivity index (χ4n) is 0.519. The second kappa shape index (κ2) is 3.47. The van der Waals surface area contributed by atoms with Crippen LogP contribution in [0.4, 0.5) is 0 Å². The van der Waals surface area contributed by atoms with Gasteiger partial charge in [-0.1, -0.05) is 27.4 Å². The molecule has 0 radical (unpaired) electrons. The van der Waals surface area contributed by atoms with Crippen LogP contribution < -0.4 is 4.72 Å².